The Morgan fingerprint density at radius 3 is 2.75 bits per heavy atom. The molecule has 0 amide bonds. The molecule has 3 nitrogen and oxygen atoms in total. The molecule has 0 unspecified atom stereocenters. The van der Waals surface area contributed by atoms with E-state index in [1.165, 1.54) is 0 Å². The number of benzene rings is 1. The number of hydrogen-bond acceptors (Lipinski definition) is 2. The fourth-order valence-corrected chi connectivity index (χ4v) is 2.08. The molecule has 20 heavy (non-hydrogen) atoms. The topological polar surface area (TPSA) is 26.2 Å². The molecule has 2 rings (SSSR count). The molecule has 0 saturated carbocycles. The summed E-state index contributed by atoms with van der Waals surface area (Å²) in [5.41, 5.74) is 2.07. The van der Waals surface area contributed by atoms with Crippen LogP contribution in [-0.4, -0.2) is 24.1 Å². The first-order valence-corrected chi connectivity index (χ1v) is 6.49. The molecule has 1 aromatic carbocycles. The molecule has 0 saturated heterocycles. The molecule has 0 aliphatic heterocycles. The quantitative estimate of drug-likeness (QED) is 0.882. The van der Waals surface area contributed by atoms with Crippen LogP contribution >= 0.6 is 0 Å². The lowest BCUT2D eigenvalue weighted by Gasteiger charge is -2.09. The summed E-state index contributed by atoms with van der Waals surface area (Å²) in [6.45, 7) is 3.51. The molecule has 0 aliphatic carbocycles. The Morgan fingerprint density at radius 1 is 1.25 bits per heavy atom. The van der Waals surface area contributed by atoms with Crippen molar-refractivity contribution in [2.75, 3.05) is 13.2 Å². The lowest BCUT2D eigenvalue weighted by Crippen LogP contribution is -2.17. The summed E-state index contributed by atoms with van der Waals surface area (Å²) in [5, 5.41) is 4.26. The second kappa shape index (κ2) is 6.28. The van der Waals surface area contributed by atoms with Crippen LogP contribution in [0.1, 0.15) is 12.5 Å². The molecule has 0 aliphatic rings. The molecule has 1 N–H and O–H groups in total. The predicted molar refractivity (Wildman–Crippen MR) is 71.3 cm³/mol. The molecule has 110 valence electrons. The maximum Gasteiger partial charge on any atom is 0.522 e. The van der Waals surface area contributed by atoms with E-state index in [2.05, 4.69) is 10.1 Å². The Balaban J connectivity index is 2.04. The van der Waals surface area contributed by atoms with E-state index in [4.69, 9.17) is 0 Å². The van der Waals surface area contributed by atoms with Gasteiger partial charge in [-0.25, -0.2) is 0 Å². The van der Waals surface area contributed by atoms with Crippen molar-refractivity contribution >= 4 is 10.9 Å². The van der Waals surface area contributed by atoms with E-state index >= 15 is 0 Å². The number of nitrogens with one attached hydrogen (secondary N) is 1. The Bertz CT molecular complexity index is 563. The summed E-state index contributed by atoms with van der Waals surface area (Å²) in [6, 6.07) is 7.85. The minimum absolute atomic E-state index is 0.176. The molecule has 2 aromatic rings. The fraction of sp³-hybridized carbons (Fsp3) is 0.429. The van der Waals surface area contributed by atoms with Crippen molar-refractivity contribution in [3.63, 3.8) is 0 Å². The van der Waals surface area contributed by atoms with Gasteiger partial charge in [0.15, 0.2) is 0 Å². The second-order valence-corrected chi connectivity index (χ2v) is 4.48. The number of aromatic nitrogens is 1. The van der Waals surface area contributed by atoms with E-state index in [1.54, 1.807) is 10.8 Å². The summed E-state index contributed by atoms with van der Waals surface area (Å²) in [6.07, 6.45) is -2.79. The first-order chi connectivity index (χ1) is 9.49. The van der Waals surface area contributed by atoms with Gasteiger partial charge in [0.2, 0.25) is 0 Å². The molecule has 1 aromatic heterocycles. The van der Waals surface area contributed by atoms with E-state index in [9.17, 15) is 13.2 Å². The molecular formula is C14H17F3N2O. The minimum Gasteiger partial charge on any atom is -0.345 e. The average Bonchev–Trinajstić information content (AvgIpc) is 2.77. The van der Waals surface area contributed by atoms with Crippen LogP contribution < -0.4 is 5.32 Å². The van der Waals surface area contributed by atoms with Crippen LogP contribution in [0.3, 0.4) is 0 Å². The highest BCUT2D eigenvalue weighted by molar-refractivity contribution is 5.80. The van der Waals surface area contributed by atoms with Gasteiger partial charge in [-0.3, -0.25) is 4.74 Å². The summed E-state index contributed by atoms with van der Waals surface area (Å²) in [7, 11) is 0. The zero-order valence-corrected chi connectivity index (χ0v) is 11.2. The number of alkyl halides is 3. The minimum atomic E-state index is -4.57. The highest BCUT2D eigenvalue weighted by atomic mass is 19.4. The van der Waals surface area contributed by atoms with Gasteiger partial charge in [0.25, 0.3) is 0 Å². The Labute approximate surface area is 115 Å². The molecule has 0 spiro atoms. The Kier molecular flexibility index (Phi) is 4.67. The molecule has 0 radical (unpaired) electrons. The van der Waals surface area contributed by atoms with Crippen LogP contribution in [-0.2, 0) is 17.8 Å². The Hall–Kier alpha value is -1.53. The summed E-state index contributed by atoms with van der Waals surface area (Å²) < 4.78 is 41.4. The van der Waals surface area contributed by atoms with Crippen LogP contribution in [0.5, 0.6) is 0 Å². The van der Waals surface area contributed by atoms with Crippen LogP contribution in [0.15, 0.2) is 30.5 Å². The van der Waals surface area contributed by atoms with Crippen LogP contribution in [0.2, 0.25) is 0 Å². The normalized spacial score (nSPS) is 12.2. The van der Waals surface area contributed by atoms with Gasteiger partial charge >= 0.3 is 6.36 Å². The SMILES string of the molecule is CCNCc1ccc2c(ccn2CCOC(F)(F)F)c1. The number of fused-ring (bicyclic) bond motifs is 1. The van der Waals surface area contributed by atoms with E-state index in [1.807, 2.05) is 31.2 Å². The van der Waals surface area contributed by atoms with Gasteiger partial charge < -0.3 is 9.88 Å². The first kappa shape index (κ1) is 14.9. The van der Waals surface area contributed by atoms with Crippen LogP contribution in [0.25, 0.3) is 10.9 Å². The highest BCUT2D eigenvalue weighted by Crippen LogP contribution is 2.19. The third kappa shape index (κ3) is 3.98. The lowest BCUT2D eigenvalue weighted by atomic mass is 10.1. The smallest absolute Gasteiger partial charge is 0.345 e. The monoisotopic (exact) mass is 286 g/mol. The first-order valence-electron chi connectivity index (χ1n) is 6.49. The third-order valence-electron chi connectivity index (χ3n) is 3.01. The summed E-state index contributed by atoms with van der Waals surface area (Å²) >= 11 is 0. The molecule has 0 fully saturated rings. The zero-order valence-electron chi connectivity index (χ0n) is 11.2. The summed E-state index contributed by atoms with van der Waals surface area (Å²) in [4.78, 5) is 0. The number of hydrogen-bond donors (Lipinski definition) is 1. The average molecular weight is 286 g/mol. The van der Waals surface area contributed by atoms with Gasteiger partial charge in [-0.1, -0.05) is 13.0 Å². The van der Waals surface area contributed by atoms with Crippen molar-refractivity contribution in [3.05, 3.63) is 36.0 Å². The maximum atomic E-state index is 11.9. The van der Waals surface area contributed by atoms with Crippen molar-refractivity contribution < 1.29 is 17.9 Å². The largest absolute Gasteiger partial charge is 0.522 e. The maximum absolute atomic E-state index is 11.9. The number of halogens is 3. The molecular weight excluding hydrogens is 269 g/mol. The number of ether oxygens (including phenoxy) is 1. The second-order valence-electron chi connectivity index (χ2n) is 4.48. The summed E-state index contributed by atoms with van der Waals surface area (Å²) in [5.74, 6) is 0. The van der Waals surface area contributed by atoms with Gasteiger partial charge in [-0.05, 0) is 35.7 Å². The molecule has 6 heteroatoms. The Morgan fingerprint density at radius 2 is 2.05 bits per heavy atom. The van der Waals surface area contributed by atoms with Gasteiger partial charge in [-0.2, -0.15) is 0 Å². The number of nitrogens with zero attached hydrogens (tertiary/aromatic N) is 1. The van der Waals surface area contributed by atoms with Gasteiger partial charge in [0, 0.05) is 24.8 Å². The lowest BCUT2D eigenvalue weighted by molar-refractivity contribution is -0.325. The third-order valence-corrected chi connectivity index (χ3v) is 3.01. The molecule has 1 heterocycles. The van der Waals surface area contributed by atoms with E-state index in [0.717, 1.165) is 29.6 Å². The van der Waals surface area contributed by atoms with Crippen LogP contribution in [0.4, 0.5) is 13.2 Å². The van der Waals surface area contributed by atoms with Crippen LogP contribution in [0, 0.1) is 0 Å². The van der Waals surface area contributed by atoms with E-state index in [-0.39, 0.29) is 13.2 Å². The van der Waals surface area contributed by atoms with E-state index < -0.39 is 6.36 Å². The van der Waals surface area contributed by atoms with E-state index in [0.29, 0.717) is 0 Å². The van der Waals surface area contributed by atoms with Crippen molar-refractivity contribution in [1.29, 1.82) is 0 Å². The predicted octanol–water partition coefficient (Wildman–Crippen LogP) is 3.29. The number of rotatable bonds is 6. The standard InChI is InChI=1S/C14H17F3N2O/c1-2-18-10-11-3-4-13-12(9-11)5-6-19(13)7-8-20-14(15,16)17/h3-6,9,18H,2,7-8,10H2,1H3. The highest BCUT2D eigenvalue weighted by Gasteiger charge is 2.28. The van der Waals surface area contributed by atoms with Crippen molar-refractivity contribution in [3.8, 4) is 0 Å². The van der Waals surface area contributed by atoms with Gasteiger partial charge in [0.1, 0.15) is 0 Å². The zero-order chi connectivity index (χ0) is 14.6. The molecule has 0 atom stereocenters. The van der Waals surface area contributed by atoms with Gasteiger partial charge in [0.05, 0.1) is 6.61 Å². The van der Waals surface area contributed by atoms with Crippen molar-refractivity contribution in [1.82, 2.24) is 9.88 Å². The fourth-order valence-electron chi connectivity index (χ4n) is 2.08. The van der Waals surface area contributed by atoms with Gasteiger partial charge in [-0.15, -0.1) is 13.2 Å². The van der Waals surface area contributed by atoms with Crippen molar-refractivity contribution in [2.45, 2.75) is 26.4 Å². The molecule has 0 bridgehead atoms. The van der Waals surface area contributed by atoms with Crippen molar-refractivity contribution in [2.24, 2.45) is 0 Å².